The zero-order chi connectivity index (χ0) is 27.1. The van der Waals surface area contributed by atoms with Crippen LogP contribution >= 0.6 is 0 Å². The molecule has 3 aromatic rings. The zero-order valence-corrected chi connectivity index (χ0v) is 21.0. The number of hydrogen-bond donors (Lipinski definition) is 2. The average Bonchev–Trinajstić information content (AvgIpc) is 3.24. The average molecular weight is 541 g/mol. The van der Waals surface area contributed by atoms with Gasteiger partial charge in [-0.25, -0.2) is 18.2 Å². The summed E-state index contributed by atoms with van der Waals surface area (Å²) in [6, 6.07) is 9.30. The number of carbonyl (C=O) groups excluding carboxylic acids is 1. The molecule has 1 aromatic carbocycles. The third-order valence-corrected chi connectivity index (χ3v) is 6.01. The molecule has 0 spiro atoms. The summed E-state index contributed by atoms with van der Waals surface area (Å²) < 4.78 is 61.1. The maximum absolute atomic E-state index is 12.3. The Hall–Kier alpha value is -3.65. The quantitative estimate of drug-likeness (QED) is 0.219. The lowest BCUT2D eigenvalue weighted by atomic mass is 10.1. The fourth-order valence-electron chi connectivity index (χ4n) is 3.18. The smallest absolute Gasteiger partial charge is 0.394 e. The first-order chi connectivity index (χ1) is 17.4. The number of amides is 2. The fourth-order valence-corrected chi connectivity index (χ4v) is 3.83. The molecule has 2 aromatic heterocycles. The topological polar surface area (TPSA) is 117 Å². The third-order valence-electron chi connectivity index (χ3n) is 5.09. The molecule has 37 heavy (non-hydrogen) atoms. The molecule has 0 aliphatic rings. The predicted octanol–water partition coefficient (Wildman–Crippen LogP) is 3.01. The van der Waals surface area contributed by atoms with E-state index in [9.17, 15) is 26.4 Å². The summed E-state index contributed by atoms with van der Waals surface area (Å²) >= 11 is 0. The number of nitrogens with zero attached hydrogens (tertiary/aromatic N) is 4. The standard InChI is InChI=1S/C23H27F3N6O4S/c1-31(9-11-37(2,34)35)8-10-36-29-14-17-6-7-32-20(15-27-21(32)12-17)18-4-3-5-19(13-18)30-22(33)28-16-23(24,25)26/h3-7,12-15H,8-11,16H2,1-2H3,(H2,28,30,33)/b29-14+. The minimum Gasteiger partial charge on any atom is -0.394 e. The van der Waals surface area contributed by atoms with E-state index in [0.717, 1.165) is 5.56 Å². The van der Waals surface area contributed by atoms with Crippen molar-refractivity contribution in [2.45, 2.75) is 6.18 Å². The molecular formula is C23H27F3N6O4S. The van der Waals surface area contributed by atoms with Crippen LogP contribution in [0.15, 0.2) is 53.9 Å². The second kappa shape index (κ2) is 12.1. The number of aromatic nitrogens is 2. The van der Waals surface area contributed by atoms with Gasteiger partial charge in [0.25, 0.3) is 0 Å². The van der Waals surface area contributed by atoms with Gasteiger partial charge in [0.2, 0.25) is 0 Å². The van der Waals surface area contributed by atoms with Gasteiger partial charge in [0.15, 0.2) is 0 Å². The first kappa shape index (κ1) is 27.9. The Kier molecular flexibility index (Phi) is 9.10. The van der Waals surface area contributed by atoms with Crippen LogP contribution < -0.4 is 10.6 Å². The van der Waals surface area contributed by atoms with Crippen LogP contribution in [-0.2, 0) is 14.7 Å². The Labute approximate surface area is 212 Å². The van der Waals surface area contributed by atoms with E-state index in [-0.39, 0.29) is 5.75 Å². The van der Waals surface area contributed by atoms with E-state index in [1.165, 1.54) is 12.5 Å². The number of alkyl halides is 3. The van der Waals surface area contributed by atoms with Crippen molar-refractivity contribution < 1.29 is 31.2 Å². The second-order valence-corrected chi connectivity index (χ2v) is 10.6. The van der Waals surface area contributed by atoms with Crippen LogP contribution in [0.25, 0.3) is 16.9 Å². The van der Waals surface area contributed by atoms with E-state index in [0.29, 0.717) is 42.3 Å². The van der Waals surface area contributed by atoms with Gasteiger partial charge in [0, 0.05) is 42.4 Å². The molecule has 2 heterocycles. The van der Waals surface area contributed by atoms with Crippen LogP contribution in [0.1, 0.15) is 5.56 Å². The molecule has 0 bridgehead atoms. The number of sulfone groups is 1. The van der Waals surface area contributed by atoms with Crippen LogP contribution in [0.5, 0.6) is 0 Å². The Bertz CT molecular complexity index is 1360. The minimum atomic E-state index is -4.50. The number of imidazole rings is 1. The number of oxime groups is 1. The molecule has 14 heteroatoms. The summed E-state index contributed by atoms with van der Waals surface area (Å²) in [6.45, 7) is -0.196. The Morgan fingerprint density at radius 2 is 2.03 bits per heavy atom. The molecule has 0 atom stereocenters. The largest absolute Gasteiger partial charge is 0.405 e. The summed E-state index contributed by atoms with van der Waals surface area (Å²) in [4.78, 5) is 23.2. The summed E-state index contributed by atoms with van der Waals surface area (Å²) in [5.74, 6) is 0.0805. The molecule has 0 fully saturated rings. The number of urea groups is 1. The van der Waals surface area contributed by atoms with E-state index in [1.807, 2.05) is 9.30 Å². The fraction of sp³-hybridized carbons (Fsp3) is 0.348. The number of hydrogen-bond acceptors (Lipinski definition) is 7. The normalized spacial score (nSPS) is 12.4. The van der Waals surface area contributed by atoms with Crippen LogP contribution in [0.4, 0.5) is 23.7 Å². The molecule has 0 aliphatic carbocycles. The van der Waals surface area contributed by atoms with Gasteiger partial charge in [-0.05, 0) is 31.3 Å². The number of anilines is 1. The Balaban J connectivity index is 1.58. The minimum absolute atomic E-state index is 0.0805. The number of nitrogens with one attached hydrogen (secondary N) is 2. The highest BCUT2D eigenvalue weighted by Gasteiger charge is 2.27. The highest BCUT2D eigenvalue weighted by molar-refractivity contribution is 7.90. The van der Waals surface area contributed by atoms with Crippen molar-refractivity contribution in [3.63, 3.8) is 0 Å². The monoisotopic (exact) mass is 540 g/mol. The van der Waals surface area contributed by atoms with E-state index in [1.54, 1.807) is 61.2 Å². The predicted molar refractivity (Wildman–Crippen MR) is 134 cm³/mol. The van der Waals surface area contributed by atoms with Gasteiger partial charge in [-0.2, -0.15) is 13.2 Å². The molecule has 0 unspecified atom stereocenters. The maximum Gasteiger partial charge on any atom is 0.405 e. The van der Waals surface area contributed by atoms with Crippen LogP contribution in [0, 0.1) is 0 Å². The zero-order valence-electron chi connectivity index (χ0n) is 20.2. The summed E-state index contributed by atoms with van der Waals surface area (Å²) in [5, 5.41) is 8.09. The molecule has 3 rings (SSSR count). The number of carbonyl (C=O) groups is 1. The Morgan fingerprint density at radius 1 is 1.24 bits per heavy atom. The molecule has 200 valence electrons. The highest BCUT2D eigenvalue weighted by Crippen LogP contribution is 2.24. The van der Waals surface area contributed by atoms with Gasteiger partial charge >= 0.3 is 12.2 Å². The van der Waals surface area contributed by atoms with Gasteiger partial charge in [0.05, 0.1) is 23.9 Å². The van der Waals surface area contributed by atoms with Crippen molar-refractivity contribution in [3.05, 3.63) is 54.4 Å². The number of fused-ring (bicyclic) bond motifs is 1. The van der Waals surface area contributed by atoms with Crippen molar-refractivity contribution in [1.82, 2.24) is 19.6 Å². The maximum atomic E-state index is 12.3. The molecule has 2 amide bonds. The molecular weight excluding hydrogens is 513 g/mol. The first-order valence-corrected chi connectivity index (χ1v) is 13.2. The highest BCUT2D eigenvalue weighted by atomic mass is 32.2. The summed E-state index contributed by atoms with van der Waals surface area (Å²) in [7, 11) is -1.21. The number of halogens is 3. The number of pyridine rings is 1. The summed E-state index contributed by atoms with van der Waals surface area (Å²) in [6.07, 6.45) is 1.66. The van der Waals surface area contributed by atoms with E-state index < -0.39 is 28.6 Å². The lowest BCUT2D eigenvalue weighted by Crippen LogP contribution is -2.36. The molecule has 0 saturated heterocycles. The third kappa shape index (κ3) is 9.38. The van der Waals surface area contributed by atoms with Gasteiger partial charge in [0.1, 0.15) is 28.6 Å². The second-order valence-electron chi connectivity index (χ2n) is 8.34. The Morgan fingerprint density at radius 3 is 2.76 bits per heavy atom. The lowest BCUT2D eigenvalue weighted by molar-refractivity contribution is -0.122. The molecule has 0 radical (unpaired) electrons. The van der Waals surface area contributed by atoms with Crippen molar-refractivity contribution in [3.8, 4) is 11.3 Å². The van der Waals surface area contributed by atoms with Crippen LogP contribution in [0.3, 0.4) is 0 Å². The SMILES string of the molecule is CN(CCO/N=C/c1ccn2c(-c3cccc(NC(=O)NCC(F)(F)F)c3)cnc2c1)CCS(C)(=O)=O. The van der Waals surface area contributed by atoms with E-state index in [2.05, 4.69) is 15.5 Å². The van der Waals surface area contributed by atoms with Gasteiger partial charge < -0.3 is 20.4 Å². The van der Waals surface area contributed by atoms with E-state index >= 15 is 0 Å². The van der Waals surface area contributed by atoms with Crippen molar-refractivity contribution in [2.24, 2.45) is 5.16 Å². The lowest BCUT2D eigenvalue weighted by Gasteiger charge is -2.14. The number of likely N-dealkylation sites (N-methyl/N-ethyl adjacent to an activating group) is 1. The first-order valence-electron chi connectivity index (χ1n) is 11.1. The number of benzene rings is 1. The van der Waals surface area contributed by atoms with Gasteiger partial charge in [-0.15, -0.1) is 0 Å². The van der Waals surface area contributed by atoms with E-state index in [4.69, 9.17) is 4.84 Å². The van der Waals surface area contributed by atoms with Crippen molar-refractivity contribution in [2.75, 3.05) is 50.6 Å². The van der Waals surface area contributed by atoms with Crippen LogP contribution in [-0.4, -0.2) is 86.4 Å². The van der Waals surface area contributed by atoms with Crippen LogP contribution in [0.2, 0.25) is 0 Å². The van der Waals surface area contributed by atoms with Crippen molar-refractivity contribution in [1.29, 1.82) is 0 Å². The molecule has 0 aliphatic heterocycles. The van der Waals surface area contributed by atoms with Gasteiger partial charge in [-0.1, -0.05) is 17.3 Å². The molecule has 0 saturated carbocycles. The molecule has 2 N–H and O–H groups in total. The number of rotatable bonds is 11. The van der Waals surface area contributed by atoms with Crippen molar-refractivity contribution >= 4 is 33.4 Å². The van der Waals surface area contributed by atoms with Gasteiger partial charge in [-0.3, -0.25) is 4.40 Å². The molecule has 10 nitrogen and oxygen atoms in total. The summed E-state index contributed by atoms with van der Waals surface area (Å²) in [5.41, 5.74) is 3.11.